The first-order valence-electron chi connectivity index (χ1n) is 7.69. The van der Waals surface area contributed by atoms with Gasteiger partial charge in [-0.15, -0.1) is 0 Å². The van der Waals surface area contributed by atoms with Crippen LogP contribution in [0.25, 0.3) is 0 Å². The summed E-state index contributed by atoms with van der Waals surface area (Å²) in [6.45, 7) is 9.40. The molecule has 0 bridgehead atoms. The maximum Gasteiger partial charge on any atom is -0.0391 e. The van der Waals surface area contributed by atoms with Gasteiger partial charge in [0, 0.05) is 0 Å². The van der Waals surface area contributed by atoms with E-state index in [1.807, 2.05) is 0 Å². The molecular formula is C16H32. The molecule has 0 amide bonds. The molecule has 2 aliphatic carbocycles. The highest BCUT2D eigenvalue weighted by molar-refractivity contribution is 4.72. The van der Waals surface area contributed by atoms with Gasteiger partial charge >= 0.3 is 0 Å². The van der Waals surface area contributed by atoms with Crippen LogP contribution in [0.5, 0.6) is 0 Å². The minimum Gasteiger partial charge on any atom is -0.0651 e. The van der Waals surface area contributed by atoms with Gasteiger partial charge in [0.05, 0.1) is 0 Å². The fourth-order valence-electron chi connectivity index (χ4n) is 3.66. The first-order chi connectivity index (χ1) is 7.69. The molecule has 4 atom stereocenters. The highest BCUT2D eigenvalue weighted by atomic mass is 14.3. The standard InChI is InChI=1S/2C8H16/c2*1-3-8-6-4-5-7(8)2/h2*7-8H,3-6H2,1-2H3. The van der Waals surface area contributed by atoms with E-state index < -0.39 is 0 Å². The van der Waals surface area contributed by atoms with E-state index in [4.69, 9.17) is 0 Å². The van der Waals surface area contributed by atoms with Crippen LogP contribution < -0.4 is 0 Å². The zero-order chi connectivity index (χ0) is 12.0. The van der Waals surface area contributed by atoms with Crippen molar-refractivity contribution in [2.24, 2.45) is 23.7 Å². The zero-order valence-electron chi connectivity index (χ0n) is 12.0. The van der Waals surface area contributed by atoms with Crippen molar-refractivity contribution in [1.29, 1.82) is 0 Å². The molecule has 0 N–H and O–H groups in total. The van der Waals surface area contributed by atoms with Gasteiger partial charge in [0.25, 0.3) is 0 Å². The number of hydrogen-bond acceptors (Lipinski definition) is 0. The van der Waals surface area contributed by atoms with Crippen LogP contribution in [0, 0.1) is 23.7 Å². The van der Waals surface area contributed by atoms with Crippen molar-refractivity contribution in [3.8, 4) is 0 Å². The third kappa shape index (κ3) is 4.11. The molecule has 2 rings (SSSR count). The highest BCUT2D eigenvalue weighted by Gasteiger charge is 2.21. The molecular weight excluding hydrogens is 192 g/mol. The quantitative estimate of drug-likeness (QED) is 0.567. The molecule has 0 radical (unpaired) electrons. The molecule has 2 saturated carbocycles. The summed E-state index contributed by atoms with van der Waals surface area (Å²) in [4.78, 5) is 0. The maximum absolute atomic E-state index is 2.39. The van der Waals surface area contributed by atoms with Crippen LogP contribution in [0.1, 0.15) is 79.1 Å². The van der Waals surface area contributed by atoms with E-state index in [1.54, 1.807) is 0 Å². The largest absolute Gasteiger partial charge is 0.0651 e. The lowest BCUT2D eigenvalue weighted by Crippen LogP contribution is -2.00. The molecule has 16 heavy (non-hydrogen) atoms. The Morgan fingerprint density at radius 2 is 1.06 bits per heavy atom. The van der Waals surface area contributed by atoms with Crippen LogP contribution in [0.2, 0.25) is 0 Å². The molecule has 0 aromatic carbocycles. The van der Waals surface area contributed by atoms with Gasteiger partial charge < -0.3 is 0 Å². The molecule has 0 aromatic rings. The average molecular weight is 224 g/mol. The Morgan fingerprint density at radius 3 is 1.19 bits per heavy atom. The second kappa shape index (κ2) is 7.35. The number of rotatable bonds is 2. The van der Waals surface area contributed by atoms with Crippen LogP contribution in [0.4, 0.5) is 0 Å². The molecule has 0 spiro atoms. The Labute approximate surface area is 103 Å². The fraction of sp³-hybridized carbons (Fsp3) is 1.00. The Hall–Kier alpha value is 0. The lowest BCUT2D eigenvalue weighted by atomic mass is 9.96. The molecule has 0 nitrogen and oxygen atoms in total. The summed E-state index contributed by atoms with van der Waals surface area (Å²) >= 11 is 0. The van der Waals surface area contributed by atoms with Crippen LogP contribution in [-0.4, -0.2) is 0 Å². The fourth-order valence-corrected chi connectivity index (χ4v) is 3.66. The van der Waals surface area contributed by atoms with E-state index in [0.29, 0.717) is 0 Å². The van der Waals surface area contributed by atoms with E-state index in [0.717, 1.165) is 23.7 Å². The van der Waals surface area contributed by atoms with Gasteiger partial charge in [0.15, 0.2) is 0 Å². The predicted octanol–water partition coefficient (Wildman–Crippen LogP) is 5.67. The van der Waals surface area contributed by atoms with Crippen molar-refractivity contribution in [1.82, 2.24) is 0 Å². The van der Waals surface area contributed by atoms with Crippen LogP contribution >= 0.6 is 0 Å². The van der Waals surface area contributed by atoms with Crippen molar-refractivity contribution in [2.75, 3.05) is 0 Å². The second-order valence-electron chi connectivity index (χ2n) is 6.15. The van der Waals surface area contributed by atoms with E-state index in [-0.39, 0.29) is 0 Å². The minimum atomic E-state index is 1.03. The third-order valence-electron chi connectivity index (χ3n) is 5.13. The maximum atomic E-state index is 2.39. The third-order valence-corrected chi connectivity index (χ3v) is 5.13. The van der Waals surface area contributed by atoms with E-state index >= 15 is 0 Å². The smallest absolute Gasteiger partial charge is 0.0391 e. The summed E-state index contributed by atoms with van der Waals surface area (Å²) in [6, 6.07) is 0. The second-order valence-corrected chi connectivity index (χ2v) is 6.15. The van der Waals surface area contributed by atoms with E-state index in [9.17, 15) is 0 Å². The Kier molecular flexibility index (Phi) is 6.46. The normalized spacial score (nSPS) is 38.2. The summed E-state index contributed by atoms with van der Waals surface area (Å²) in [6.07, 6.45) is 11.7. The SMILES string of the molecule is CCC1CCCC1C.CCC1CCCC1C. The van der Waals surface area contributed by atoms with Gasteiger partial charge in [-0.2, -0.15) is 0 Å². The monoisotopic (exact) mass is 224 g/mol. The number of hydrogen-bond donors (Lipinski definition) is 0. The molecule has 4 unspecified atom stereocenters. The van der Waals surface area contributed by atoms with Crippen molar-refractivity contribution >= 4 is 0 Å². The Morgan fingerprint density at radius 1 is 0.688 bits per heavy atom. The molecule has 0 saturated heterocycles. The van der Waals surface area contributed by atoms with Gasteiger partial charge in [0.2, 0.25) is 0 Å². The zero-order valence-corrected chi connectivity index (χ0v) is 12.0. The Balaban J connectivity index is 0.000000160. The molecule has 0 heteroatoms. The van der Waals surface area contributed by atoms with Crippen molar-refractivity contribution < 1.29 is 0 Å². The van der Waals surface area contributed by atoms with E-state index in [1.165, 1.54) is 51.4 Å². The van der Waals surface area contributed by atoms with Gasteiger partial charge in [-0.1, -0.05) is 79.1 Å². The molecule has 0 aliphatic heterocycles. The van der Waals surface area contributed by atoms with Gasteiger partial charge in [-0.3, -0.25) is 0 Å². The lowest BCUT2D eigenvalue weighted by Gasteiger charge is -2.10. The molecule has 96 valence electrons. The molecule has 2 aliphatic rings. The first kappa shape index (κ1) is 14.1. The Bertz CT molecular complexity index is 153. The topological polar surface area (TPSA) is 0 Å². The van der Waals surface area contributed by atoms with Crippen LogP contribution in [-0.2, 0) is 0 Å². The average Bonchev–Trinajstić information content (AvgIpc) is 2.87. The van der Waals surface area contributed by atoms with Crippen molar-refractivity contribution in [3.05, 3.63) is 0 Å². The summed E-state index contributed by atoms with van der Waals surface area (Å²) in [5.74, 6) is 4.19. The van der Waals surface area contributed by atoms with Gasteiger partial charge in [-0.25, -0.2) is 0 Å². The summed E-state index contributed by atoms with van der Waals surface area (Å²) < 4.78 is 0. The van der Waals surface area contributed by atoms with E-state index in [2.05, 4.69) is 27.7 Å². The highest BCUT2D eigenvalue weighted by Crippen LogP contribution is 2.33. The van der Waals surface area contributed by atoms with Crippen molar-refractivity contribution in [3.63, 3.8) is 0 Å². The van der Waals surface area contributed by atoms with Gasteiger partial charge in [-0.05, 0) is 23.7 Å². The van der Waals surface area contributed by atoms with Crippen LogP contribution in [0.15, 0.2) is 0 Å². The van der Waals surface area contributed by atoms with Crippen LogP contribution in [0.3, 0.4) is 0 Å². The summed E-state index contributed by atoms with van der Waals surface area (Å²) in [5.41, 5.74) is 0. The first-order valence-corrected chi connectivity index (χ1v) is 7.69. The molecule has 2 fully saturated rings. The minimum absolute atomic E-state index is 1.03. The predicted molar refractivity (Wildman–Crippen MR) is 73.6 cm³/mol. The summed E-state index contributed by atoms with van der Waals surface area (Å²) in [5, 5.41) is 0. The van der Waals surface area contributed by atoms with Gasteiger partial charge in [0.1, 0.15) is 0 Å². The van der Waals surface area contributed by atoms with Crippen molar-refractivity contribution in [2.45, 2.75) is 79.1 Å². The molecule has 0 heterocycles. The molecule has 0 aromatic heterocycles. The lowest BCUT2D eigenvalue weighted by molar-refractivity contribution is 0.407. The summed E-state index contributed by atoms with van der Waals surface area (Å²) in [7, 11) is 0.